The van der Waals surface area contributed by atoms with Gasteiger partial charge in [0, 0.05) is 24.0 Å². The lowest BCUT2D eigenvalue weighted by molar-refractivity contribution is -0.140. The second kappa shape index (κ2) is 13.9. The van der Waals surface area contributed by atoms with Gasteiger partial charge in [0.2, 0.25) is 21.8 Å². The molecule has 0 heterocycles. The minimum Gasteiger partial charge on any atom is -0.495 e. The summed E-state index contributed by atoms with van der Waals surface area (Å²) in [5.74, 6) is -0.503. The van der Waals surface area contributed by atoms with Crippen molar-refractivity contribution in [3.05, 3.63) is 95.0 Å². The Labute approximate surface area is 247 Å². The quantitative estimate of drug-likeness (QED) is 0.323. The number of hydrogen-bond acceptors (Lipinski definition) is 5. The minimum absolute atomic E-state index is 0.0254. The average molecular weight is 598 g/mol. The number of anilines is 1. The molecule has 1 aliphatic carbocycles. The van der Waals surface area contributed by atoms with E-state index in [2.05, 4.69) is 5.32 Å². The van der Waals surface area contributed by atoms with Crippen molar-refractivity contribution in [1.29, 1.82) is 0 Å². The molecule has 8 nitrogen and oxygen atoms in total. The number of hydrogen-bond donors (Lipinski definition) is 1. The van der Waals surface area contributed by atoms with Gasteiger partial charge in [0.05, 0.1) is 19.1 Å². The molecule has 218 valence electrons. The van der Waals surface area contributed by atoms with Crippen LogP contribution in [0.4, 0.5) is 5.69 Å². The number of halogens is 1. The van der Waals surface area contributed by atoms with Crippen LogP contribution in [0, 0.1) is 0 Å². The molecule has 0 radical (unpaired) electrons. The fraction of sp³-hybridized carbons (Fsp3) is 0.355. The molecule has 0 aromatic heterocycles. The third-order valence-electron chi connectivity index (χ3n) is 7.30. The summed E-state index contributed by atoms with van der Waals surface area (Å²) in [4.78, 5) is 29.6. The summed E-state index contributed by atoms with van der Waals surface area (Å²) in [5.41, 5.74) is 1.76. The van der Waals surface area contributed by atoms with Crippen LogP contribution in [-0.2, 0) is 32.6 Å². The van der Waals surface area contributed by atoms with E-state index in [9.17, 15) is 18.0 Å². The Kier molecular flexibility index (Phi) is 10.3. The van der Waals surface area contributed by atoms with Crippen molar-refractivity contribution >= 4 is 39.1 Å². The van der Waals surface area contributed by atoms with Gasteiger partial charge in [-0.15, -0.1) is 0 Å². The first kappa shape index (κ1) is 30.4. The molecule has 0 bridgehead atoms. The summed E-state index contributed by atoms with van der Waals surface area (Å²) in [6.45, 7) is -0.497. The van der Waals surface area contributed by atoms with Crippen LogP contribution in [0.3, 0.4) is 0 Å². The zero-order valence-corrected chi connectivity index (χ0v) is 24.9. The minimum atomic E-state index is -3.90. The number of ether oxygens (including phenoxy) is 1. The highest BCUT2D eigenvalue weighted by Gasteiger charge is 2.35. The van der Waals surface area contributed by atoms with Gasteiger partial charge in [-0.1, -0.05) is 85.1 Å². The van der Waals surface area contributed by atoms with Gasteiger partial charge in [0.1, 0.15) is 18.3 Å². The van der Waals surface area contributed by atoms with Gasteiger partial charge in [0.25, 0.3) is 0 Å². The Morgan fingerprint density at radius 2 is 1.61 bits per heavy atom. The van der Waals surface area contributed by atoms with Crippen LogP contribution in [0.2, 0.25) is 5.02 Å². The highest BCUT2D eigenvalue weighted by Crippen LogP contribution is 2.30. The van der Waals surface area contributed by atoms with Gasteiger partial charge in [-0.25, -0.2) is 8.42 Å². The monoisotopic (exact) mass is 597 g/mol. The van der Waals surface area contributed by atoms with Crippen molar-refractivity contribution in [1.82, 2.24) is 10.2 Å². The molecular weight excluding hydrogens is 562 g/mol. The molecular formula is C31H36ClN3O5S. The Bertz CT molecular complexity index is 1440. The van der Waals surface area contributed by atoms with E-state index in [-0.39, 0.29) is 30.6 Å². The molecule has 1 atom stereocenters. The molecule has 0 saturated heterocycles. The predicted molar refractivity (Wildman–Crippen MR) is 162 cm³/mol. The van der Waals surface area contributed by atoms with E-state index in [1.165, 1.54) is 12.0 Å². The van der Waals surface area contributed by atoms with Gasteiger partial charge in [0.15, 0.2) is 0 Å². The molecule has 3 aromatic rings. The summed E-state index contributed by atoms with van der Waals surface area (Å²) in [7, 11) is -2.47. The number of nitrogens with zero attached hydrogens (tertiary/aromatic N) is 2. The standard InChI is InChI=1S/C31H36ClN3O5S/c1-40-29-19-11-10-18-27(29)35(41(2,38)39)22-30(36)34(21-24-14-6-9-17-26(24)32)28(20-23-12-4-3-5-13-23)31(37)33-25-15-7-8-16-25/h3-6,9-14,17-19,25,28H,7-8,15-16,20-22H2,1-2H3,(H,33,37)/t28-/m1/s1. The zero-order chi connectivity index (χ0) is 29.4. The van der Waals surface area contributed by atoms with E-state index in [0.717, 1.165) is 41.8 Å². The Morgan fingerprint density at radius 1 is 0.976 bits per heavy atom. The highest BCUT2D eigenvalue weighted by atomic mass is 35.5. The molecule has 41 heavy (non-hydrogen) atoms. The predicted octanol–water partition coefficient (Wildman–Crippen LogP) is 4.81. The first-order valence-corrected chi connectivity index (χ1v) is 15.9. The second-order valence-corrected chi connectivity index (χ2v) is 12.6. The maximum absolute atomic E-state index is 14.2. The number of nitrogens with one attached hydrogen (secondary N) is 1. The molecule has 0 unspecified atom stereocenters. The maximum atomic E-state index is 14.2. The Morgan fingerprint density at radius 3 is 2.27 bits per heavy atom. The van der Waals surface area contributed by atoms with Crippen LogP contribution in [0.15, 0.2) is 78.9 Å². The number of carbonyl (C=O) groups is 2. The molecule has 3 aromatic carbocycles. The molecule has 1 fully saturated rings. The number of methoxy groups -OCH3 is 1. The molecule has 10 heteroatoms. The van der Waals surface area contributed by atoms with Crippen LogP contribution in [-0.4, -0.2) is 57.1 Å². The van der Waals surface area contributed by atoms with Gasteiger partial charge in [-0.2, -0.15) is 0 Å². The molecule has 2 amide bonds. The number of para-hydroxylation sites is 2. The number of rotatable bonds is 12. The van der Waals surface area contributed by atoms with Crippen LogP contribution < -0.4 is 14.4 Å². The third-order valence-corrected chi connectivity index (χ3v) is 8.80. The number of amides is 2. The molecule has 4 rings (SSSR count). The van der Waals surface area contributed by atoms with Gasteiger partial charge >= 0.3 is 0 Å². The summed E-state index contributed by atoms with van der Waals surface area (Å²) < 4.78 is 32.4. The first-order chi connectivity index (χ1) is 19.7. The summed E-state index contributed by atoms with van der Waals surface area (Å²) in [6.07, 6.45) is 5.15. The average Bonchev–Trinajstić information content (AvgIpc) is 3.47. The zero-order valence-electron chi connectivity index (χ0n) is 23.3. The van der Waals surface area contributed by atoms with Crippen molar-refractivity contribution in [2.75, 3.05) is 24.2 Å². The van der Waals surface area contributed by atoms with E-state index in [4.69, 9.17) is 16.3 Å². The normalized spacial score (nSPS) is 14.3. The Hall–Kier alpha value is -3.56. The van der Waals surface area contributed by atoms with Gasteiger partial charge in [-0.05, 0) is 42.2 Å². The topological polar surface area (TPSA) is 96.0 Å². The van der Waals surface area contributed by atoms with Gasteiger partial charge < -0.3 is 15.0 Å². The van der Waals surface area contributed by atoms with Crippen LogP contribution >= 0.6 is 11.6 Å². The van der Waals surface area contributed by atoms with Crippen LogP contribution in [0.25, 0.3) is 0 Å². The lowest BCUT2D eigenvalue weighted by Crippen LogP contribution is -2.54. The number of sulfonamides is 1. The summed E-state index contributed by atoms with van der Waals surface area (Å²) >= 11 is 6.51. The Balaban J connectivity index is 1.75. The van der Waals surface area contributed by atoms with Crippen molar-refractivity contribution in [3.8, 4) is 5.75 Å². The van der Waals surface area contributed by atoms with Crippen molar-refractivity contribution in [3.63, 3.8) is 0 Å². The lowest BCUT2D eigenvalue weighted by atomic mass is 10.0. The molecule has 1 N–H and O–H groups in total. The fourth-order valence-electron chi connectivity index (χ4n) is 5.16. The second-order valence-electron chi connectivity index (χ2n) is 10.3. The summed E-state index contributed by atoms with van der Waals surface area (Å²) in [6, 6.07) is 22.3. The van der Waals surface area contributed by atoms with E-state index in [1.54, 1.807) is 42.5 Å². The van der Waals surface area contributed by atoms with E-state index in [1.807, 2.05) is 36.4 Å². The van der Waals surface area contributed by atoms with Gasteiger partial charge in [-0.3, -0.25) is 13.9 Å². The van der Waals surface area contributed by atoms with Crippen molar-refractivity contribution in [2.45, 2.75) is 50.7 Å². The van der Waals surface area contributed by atoms with E-state index >= 15 is 0 Å². The summed E-state index contributed by atoms with van der Waals surface area (Å²) in [5, 5.41) is 3.60. The van der Waals surface area contributed by atoms with Crippen molar-refractivity contribution < 1.29 is 22.7 Å². The highest BCUT2D eigenvalue weighted by molar-refractivity contribution is 7.92. The van der Waals surface area contributed by atoms with Crippen molar-refractivity contribution in [2.24, 2.45) is 0 Å². The number of carbonyl (C=O) groups excluding carboxylic acids is 2. The largest absolute Gasteiger partial charge is 0.495 e. The third kappa shape index (κ3) is 8.01. The van der Waals surface area contributed by atoms with Crippen LogP contribution in [0.1, 0.15) is 36.8 Å². The van der Waals surface area contributed by atoms with E-state index < -0.39 is 28.5 Å². The van der Waals surface area contributed by atoms with Crippen LogP contribution in [0.5, 0.6) is 5.75 Å². The SMILES string of the molecule is COc1ccccc1N(CC(=O)N(Cc1ccccc1Cl)[C@H](Cc1ccccc1)C(=O)NC1CCCC1)S(C)(=O)=O. The number of benzene rings is 3. The molecule has 0 aliphatic heterocycles. The lowest BCUT2D eigenvalue weighted by Gasteiger charge is -2.34. The maximum Gasteiger partial charge on any atom is 0.244 e. The smallest absolute Gasteiger partial charge is 0.244 e. The molecule has 1 saturated carbocycles. The fourth-order valence-corrected chi connectivity index (χ4v) is 6.21. The first-order valence-electron chi connectivity index (χ1n) is 13.6. The molecule has 1 aliphatic rings. The van der Waals surface area contributed by atoms with E-state index in [0.29, 0.717) is 16.3 Å². The molecule has 0 spiro atoms.